The highest BCUT2D eigenvalue weighted by atomic mass is 19.3. The van der Waals surface area contributed by atoms with Crippen LogP contribution in [0.4, 0.5) is 17.6 Å². The van der Waals surface area contributed by atoms with Crippen LogP contribution in [0, 0.1) is 0 Å². The number of rotatable bonds is 4. The van der Waals surface area contributed by atoms with E-state index in [0.717, 1.165) is 0 Å². The fourth-order valence-corrected chi connectivity index (χ4v) is 3.43. The van der Waals surface area contributed by atoms with Crippen LogP contribution in [0.25, 0.3) is 0 Å². The number of ether oxygens (including phenoxy) is 2. The molecule has 2 atom stereocenters. The first kappa shape index (κ1) is 17.4. The maximum Gasteiger partial charge on any atom is 0.461 e. The number of hydrogen-bond acceptors (Lipinski definition) is 4. The van der Waals surface area contributed by atoms with Gasteiger partial charge in [-0.05, 0) is 37.6 Å². The summed E-state index contributed by atoms with van der Waals surface area (Å²) < 4.78 is 60.4. The molecule has 8 heteroatoms. The molecule has 2 saturated heterocycles. The van der Waals surface area contributed by atoms with Gasteiger partial charge >= 0.3 is 12.5 Å². The molecule has 2 heterocycles. The third-order valence-electron chi connectivity index (χ3n) is 4.80. The summed E-state index contributed by atoms with van der Waals surface area (Å²) in [5, 5.41) is 11.0. The van der Waals surface area contributed by atoms with Crippen molar-refractivity contribution < 1.29 is 32.1 Å². The van der Waals surface area contributed by atoms with Gasteiger partial charge in [0.05, 0.1) is 18.8 Å². The molecule has 134 valence electrons. The monoisotopic (exact) mass is 349 g/mol. The first-order chi connectivity index (χ1) is 11.2. The van der Waals surface area contributed by atoms with Gasteiger partial charge in [0.25, 0.3) is 0 Å². The quantitative estimate of drug-likeness (QED) is 0.849. The minimum atomic E-state index is -4.57. The largest absolute Gasteiger partial charge is 0.461 e. The minimum Gasteiger partial charge on any atom is -0.428 e. The molecule has 1 aromatic carbocycles. The highest BCUT2D eigenvalue weighted by molar-refractivity contribution is 5.33. The van der Waals surface area contributed by atoms with Crippen molar-refractivity contribution in [3.05, 3.63) is 29.8 Å². The van der Waals surface area contributed by atoms with E-state index in [2.05, 4.69) is 9.64 Å². The topological polar surface area (TPSA) is 41.9 Å². The van der Waals surface area contributed by atoms with Crippen LogP contribution in [-0.2, 0) is 10.3 Å². The molecule has 2 bridgehead atoms. The normalized spacial score (nSPS) is 31.3. The number of alkyl halides is 4. The Labute approximate surface area is 137 Å². The second kappa shape index (κ2) is 6.16. The van der Waals surface area contributed by atoms with E-state index >= 15 is 0 Å². The standard InChI is InChI=1S/C16H19F4NO3/c1-21-11-6-15(22,7-12(21)9-23-8-11)10-3-2-4-13(5-10)24-16(19,20)14(17)18/h2-5,11-12,14,22H,6-9H2,1H3. The molecule has 1 N–H and O–H groups in total. The second-order valence-electron chi connectivity index (χ2n) is 6.44. The molecule has 2 aliphatic rings. The Morgan fingerprint density at radius 1 is 1.29 bits per heavy atom. The molecule has 2 unspecified atom stereocenters. The number of likely N-dealkylation sites (N-methyl/N-ethyl adjacent to an activating group) is 1. The van der Waals surface area contributed by atoms with Gasteiger partial charge in [0.1, 0.15) is 5.75 Å². The Hall–Kier alpha value is -1.38. The van der Waals surface area contributed by atoms with Crippen LogP contribution < -0.4 is 4.74 Å². The molecule has 2 aliphatic heterocycles. The summed E-state index contributed by atoms with van der Waals surface area (Å²) in [5.41, 5.74) is -0.847. The summed E-state index contributed by atoms with van der Waals surface area (Å²) >= 11 is 0. The average molecular weight is 349 g/mol. The molecular weight excluding hydrogens is 330 g/mol. The predicted molar refractivity (Wildman–Crippen MR) is 77.3 cm³/mol. The van der Waals surface area contributed by atoms with Gasteiger partial charge in [0.15, 0.2) is 0 Å². The lowest BCUT2D eigenvalue weighted by Gasteiger charge is -2.50. The molecule has 0 amide bonds. The zero-order valence-electron chi connectivity index (χ0n) is 13.1. The summed E-state index contributed by atoms with van der Waals surface area (Å²) in [7, 11) is 1.96. The molecule has 0 saturated carbocycles. The van der Waals surface area contributed by atoms with E-state index in [-0.39, 0.29) is 12.1 Å². The molecule has 1 aromatic rings. The third-order valence-corrected chi connectivity index (χ3v) is 4.80. The number of aliphatic hydroxyl groups is 1. The van der Waals surface area contributed by atoms with E-state index in [1.165, 1.54) is 18.2 Å². The van der Waals surface area contributed by atoms with Gasteiger partial charge in [0, 0.05) is 12.1 Å². The highest BCUT2D eigenvalue weighted by Crippen LogP contribution is 2.41. The molecule has 3 rings (SSSR count). The van der Waals surface area contributed by atoms with Crippen molar-refractivity contribution in [1.82, 2.24) is 4.90 Å². The van der Waals surface area contributed by atoms with Gasteiger partial charge in [-0.3, -0.25) is 4.90 Å². The van der Waals surface area contributed by atoms with Gasteiger partial charge in [-0.15, -0.1) is 0 Å². The maximum atomic E-state index is 13.1. The number of benzene rings is 1. The zero-order chi connectivity index (χ0) is 17.5. The summed E-state index contributed by atoms with van der Waals surface area (Å²) in [6.07, 6.45) is -7.76. The Morgan fingerprint density at radius 3 is 2.50 bits per heavy atom. The molecule has 24 heavy (non-hydrogen) atoms. The average Bonchev–Trinajstić information content (AvgIpc) is 2.49. The molecule has 0 aromatic heterocycles. The van der Waals surface area contributed by atoms with Crippen molar-refractivity contribution in [2.75, 3.05) is 20.3 Å². The van der Waals surface area contributed by atoms with Gasteiger partial charge < -0.3 is 14.6 Å². The van der Waals surface area contributed by atoms with Gasteiger partial charge in [0.2, 0.25) is 0 Å². The molecular formula is C16H19F4NO3. The number of halogens is 4. The molecule has 4 nitrogen and oxygen atoms in total. The lowest BCUT2D eigenvalue weighted by atomic mass is 9.77. The third kappa shape index (κ3) is 3.22. The summed E-state index contributed by atoms with van der Waals surface area (Å²) in [6.45, 7) is 0.962. The Balaban J connectivity index is 1.83. The Bertz CT molecular complexity index is 584. The van der Waals surface area contributed by atoms with Crippen molar-refractivity contribution in [1.29, 1.82) is 0 Å². The second-order valence-corrected chi connectivity index (χ2v) is 6.44. The van der Waals surface area contributed by atoms with E-state index in [9.17, 15) is 22.7 Å². The highest BCUT2D eigenvalue weighted by Gasteiger charge is 2.47. The number of morpholine rings is 1. The summed E-state index contributed by atoms with van der Waals surface area (Å²) in [4.78, 5) is 2.14. The van der Waals surface area contributed by atoms with E-state index in [1.54, 1.807) is 6.07 Å². The molecule has 0 aliphatic carbocycles. The van der Waals surface area contributed by atoms with Crippen LogP contribution >= 0.6 is 0 Å². The Morgan fingerprint density at radius 2 is 1.92 bits per heavy atom. The van der Waals surface area contributed by atoms with Crippen LogP contribution in [0.15, 0.2) is 24.3 Å². The molecule has 2 fully saturated rings. The first-order valence-corrected chi connectivity index (χ1v) is 7.69. The van der Waals surface area contributed by atoms with Crippen LogP contribution in [-0.4, -0.2) is 54.9 Å². The van der Waals surface area contributed by atoms with E-state index in [1.807, 2.05) is 7.05 Å². The molecule has 0 spiro atoms. The lowest BCUT2D eigenvalue weighted by Crippen LogP contribution is -2.59. The molecule has 0 radical (unpaired) electrons. The van der Waals surface area contributed by atoms with E-state index < -0.39 is 23.9 Å². The van der Waals surface area contributed by atoms with Gasteiger partial charge in [-0.25, -0.2) is 0 Å². The smallest absolute Gasteiger partial charge is 0.428 e. The number of nitrogens with zero attached hydrogens (tertiary/aromatic N) is 1. The minimum absolute atomic E-state index is 0.00887. The van der Waals surface area contributed by atoms with Crippen molar-refractivity contribution in [3.63, 3.8) is 0 Å². The fourth-order valence-electron chi connectivity index (χ4n) is 3.43. The SMILES string of the molecule is CN1C2COCC1CC(O)(c1cccc(OC(F)(F)C(F)F)c1)C2. The number of hydrogen-bond donors (Lipinski definition) is 1. The van der Waals surface area contributed by atoms with Crippen molar-refractivity contribution in [3.8, 4) is 5.75 Å². The fraction of sp³-hybridized carbons (Fsp3) is 0.625. The maximum absolute atomic E-state index is 13.1. The first-order valence-electron chi connectivity index (χ1n) is 7.69. The Kier molecular flexibility index (Phi) is 4.48. The van der Waals surface area contributed by atoms with Crippen LogP contribution in [0.3, 0.4) is 0 Å². The van der Waals surface area contributed by atoms with Crippen molar-refractivity contribution in [2.24, 2.45) is 0 Å². The summed E-state index contributed by atoms with van der Waals surface area (Å²) in [6, 6.07) is 5.40. The van der Waals surface area contributed by atoms with Crippen LogP contribution in [0.5, 0.6) is 5.75 Å². The van der Waals surface area contributed by atoms with E-state index in [0.29, 0.717) is 31.6 Å². The van der Waals surface area contributed by atoms with Gasteiger partial charge in [-0.1, -0.05) is 12.1 Å². The van der Waals surface area contributed by atoms with Crippen LogP contribution in [0.2, 0.25) is 0 Å². The van der Waals surface area contributed by atoms with Gasteiger partial charge in [-0.2, -0.15) is 17.6 Å². The van der Waals surface area contributed by atoms with E-state index in [4.69, 9.17) is 4.74 Å². The number of fused-ring (bicyclic) bond motifs is 2. The number of piperidine rings is 1. The van der Waals surface area contributed by atoms with Crippen LogP contribution in [0.1, 0.15) is 18.4 Å². The van der Waals surface area contributed by atoms with Crippen molar-refractivity contribution >= 4 is 0 Å². The zero-order valence-corrected chi connectivity index (χ0v) is 13.1. The predicted octanol–water partition coefficient (Wildman–Crippen LogP) is 2.60. The van der Waals surface area contributed by atoms with Crippen molar-refractivity contribution in [2.45, 2.75) is 43.1 Å². The lowest BCUT2D eigenvalue weighted by molar-refractivity contribution is -0.253. The summed E-state index contributed by atoms with van der Waals surface area (Å²) in [5.74, 6) is -0.397.